The van der Waals surface area contributed by atoms with Gasteiger partial charge in [-0.2, -0.15) is 0 Å². The Bertz CT molecular complexity index is 401. The summed E-state index contributed by atoms with van der Waals surface area (Å²) in [4.78, 5) is 5.98. The number of H-pyrrole nitrogens is 1. The van der Waals surface area contributed by atoms with Crippen LogP contribution in [0.5, 0.6) is 0 Å². The first-order valence-corrected chi connectivity index (χ1v) is 4.57. The van der Waals surface area contributed by atoms with Crippen LogP contribution in [0.4, 0.5) is 0 Å². The van der Waals surface area contributed by atoms with E-state index in [1.807, 2.05) is 0 Å². The number of aromatic nitrogens is 2. The van der Waals surface area contributed by atoms with Crippen LogP contribution in [0.15, 0.2) is 17.4 Å². The van der Waals surface area contributed by atoms with Crippen molar-refractivity contribution in [3.63, 3.8) is 0 Å². The van der Waals surface area contributed by atoms with Crippen LogP contribution in [0.2, 0.25) is 0 Å². The number of nitrogens with one attached hydrogen (secondary N) is 3. The highest BCUT2D eigenvalue weighted by Gasteiger charge is 2.11. The van der Waals surface area contributed by atoms with Crippen molar-refractivity contribution in [1.82, 2.24) is 14.7 Å². The van der Waals surface area contributed by atoms with E-state index in [0.29, 0.717) is 0 Å². The predicted molar refractivity (Wildman–Crippen MR) is 40.7 cm³/mol. The standard InChI is InChI=1S/C5H8N4O2S/c1-7-12(10,11)5-3-8-4(6)2-9-5/h2-3,7H,1H3,(H2,6,8). The molecule has 12 heavy (non-hydrogen) atoms. The smallest absolute Gasteiger partial charge is 0.259 e. The Labute approximate surface area is 69.2 Å². The summed E-state index contributed by atoms with van der Waals surface area (Å²) in [5.41, 5.74) is 0.0602. The third-order valence-electron chi connectivity index (χ3n) is 1.22. The third kappa shape index (κ3) is 1.69. The molecule has 0 radical (unpaired) electrons. The maximum Gasteiger partial charge on any atom is 0.259 e. The minimum absolute atomic E-state index is 0.0602. The lowest BCUT2D eigenvalue weighted by atomic mass is 10.7. The topological polar surface area (TPSA) is 98.7 Å². The molecule has 0 atom stereocenters. The first kappa shape index (κ1) is 8.88. The molecule has 1 aromatic heterocycles. The van der Waals surface area contributed by atoms with Crippen molar-refractivity contribution in [3.8, 4) is 0 Å². The summed E-state index contributed by atoms with van der Waals surface area (Å²) in [6.07, 6.45) is 2.29. The fourth-order valence-corrected chi connectivity index (χ4v) is 1.21. The van der Waals surface area contributed by atoms with Crippen molar-refractivity contribution in [2.24, 2.45) is 0 Å². The lowest BCUT2D eigenvalue weighted by Gasteiger charge is -1.98. The monoisotopic (exact) mass is 188 g/mol. The van der Waals surface area contributed by atoms with Gasteiger partial charge < -0.3 is 4.98 Å². The molecule has 1 aromatic rings. The fourth-order valence-electron chi connectivity index (χ4n) is 0.594. The number of hydrogen-bond acceptors (Lipinski definition) is 4. The zero-order valence-electron chi connectivity index (χ0n) is 6.33. The summed E-state index contributed by atoms with van der Waals surface area (Å²) in [7, 11) is -2.19. The normalized spacial score (nSPS) is 11.4. The first-order chi connectivity index (χ1) is 5.56. The Morgan fingerprint density at radius 1 is 1.67 bits per heavy atom. The van der Waals surface area contributed by atoms with Gasteiger partial charge in [0.25, 0.3) is 10.0 Å². The number of nitrogens with zero attached hydrogens (tertiary/aromatic N) is 1. The van der Waals surface area contributed by atoms with Crippen LogP contribution >= 0.6 is 0 Å². The Balaban J connectivity index is 3.23. The van der Waals surface area contributed by atoms with Gasteiger partial charge in [0.1, 0.15) is 5.49 Å². The predicted octanol–water partition coefficient (Wildman–Crippen LogP) is -1.20. The fraction of sp³-hybridized carbons (Fsp3) is 0.200. The molecule has 0 saturated carbocycles. The second kappa shape index (κ2) is 3.03. The van der Waals surface area contributed by atoms with E-state index in [1.165, 1.54) is 7.05 Å². The van der Waals surface area contributed by atoms with Crippen LogP contribution < -0.4 is 10.2 Å². The quantitative estimate of drug-likeness (QED) is 0.543. The van der Waals surface area contributed by atoms with Gasteiger partial charge in [-0.05, 0) is 7.05 Å². The molecule has 0 aliphatic heterocycles. The summed E-state index contributed by atoms with van der Waals surface area (Å²) >= 11 is 0. The van der Waals surface area contributed by atoms with E-state index in [-0.39, 0.29) is 10.5 Å². The van der Waals surface area contributed by atoms with Gasteiger partial charge >= 0.3 is 0 Å². The molecule has 0 aliphatic carbocycles. The molecule has 0 amide bonds. The zero-order valence-corrected chi connectivity index (χ0v) is 7.14. The first-order valence-electron chi connectivity index (χ1n) is 3.09. The van der Waals surface area contributed by atoms with Gasteiger partial charge in [-0.1, -0.05) is 0 Å². The summed E-state index contributed by atoms with van der Waals surface area (Å²) in [5, 5.41) is 6.90. The maximum absolute atomic E-state index is 11.1. The molecule has 1 rings (SSSR count). The van der Waals surface area contributed by atoms with E-state index in [4.69, 9.17) is 5.41 Å². The molecule has 0 saturated heterocycles. The molecular weight excluding hydrogens is 180 g/mol. The van der Waals surface area contributed by atoms with Crippen LogP contribution in [0, 0.1) is 5.41 Å². The summed E-state index contributed by atoms with van der Waals surface area (Å²) in [5.74, 6) is 0. The van der Waals surface area contributed by atoms with Gasteiger partial charge in [-0.25, -0.2) is 18.1 Å². The van der Waals surface area contributed by atoms with Gasteiger partial charge in [0.15, 0.2) is 5.03 Å². The Hall–Kier alpha value is -1.21. The van der Waals surface area contributed by atoms with Gasteiger partial charge in [0, 0.05) is 6.20 Å². The van der Waals surface area contributed by atoms with Crippen molar-refractivity contribution in [1.29, 1.82) is 5.41 Å². The van der Waals surface area contributed by atoms with Crippen LogP contribution in [0.25, 0.3) is 0 Å². The van der Waals surface area contributed by atoms with E-state index in [9.17, 15) is 8.42 Å². The average molecular weight is 188 g/mol. The second-order valence-corrected chi connectivity index (χ2v) is 3.84. The minimum atomic E-state index is -3.49. The maximum atomic E-state index is 11.1. The van der Waals surface area contributed by atoms with Crippen molar-refractivity contribution in [2.75, 3.05) is 7.05 Å². The highest BCUT2D eigenvalue weighted by atomic mass is 32.2. The van der Waals surface area contributed by atoms with Crippen LogP contribution in [0.1, 0.15) is 0 Å². The van der Waals surface area contributed by atoms with Crippen molar-refractivity contribution >= 4 is 10.0 Å². The summed E-state index contributed by atoms with van der Waals surface area (Å²) in [6, 6.07) is 0. The third-order valence-corrected chi connectivity index (χ3v) is 2.53. The Kier molecular flexibility index (Phi) is 2.25. The van der Waals surface area contributed by atoms with Crippen molar-refractivity contribution in [3.05, 3.63) is 17.9 Å². The van der Waals surface area contributed by atoms with E-state index in [2.05, 4.69) is 14.7 Å². The van der Waals surface area contributed by atoms with E-state index >= 15 is 0 Å². The van der Waals surface area contributed by atoms with Gasteiger partial charge in [-0.15, -0.1) is 0 Å². The molecule has 0 bridgehead atoms. The summed E-state index contributed by atoms with van der Waals surface area (Å²) in [6.45, 7) is 0. The molecule has 1 heterocycles. The molecule has 0 unspecified atom stereocenters. The molecule has 0 aromatic carbocycles. The van der Waals surface area contributed by atoms with E-state index in [1.54, 1.807) is 0 Å². The number of sulfonamides is 1. The molecule has 3 N–H and O–H groups in total. The lowest BCUT2D eigenvalue weighted by Crippen LogP contribution is -2.21. The van der Waals surface area contributed by atoms with Crippen LogP contribution in [-0.2, 0) is 10.0 Å². The molecule has 6 nitrogen and oxygen atoms in total. The molecule has 0 fully saturated rings. The summed E-state index contributed by atoms with van der Waals surface area (Å²) < 4.78 is 24.2. The van der Waals surface area contributed by atoms with Gasteiger partial charge in [0.2, 0.25) is 0 Å². The number of aromatic amines is 1. The largest absolute Gasteiger partial charge is 0.343 e. The highest BCUT2D eigenvalue weighted by molar-refractivity contribution is 7.89. The number of rotatable bonds is 2. The molecule has 0 aliphatic rings. The Morgan fingerprint density at radius 2 is 2.33 bits per heavy atom. The molecule has 7 heteroatoms. The number of hydrogen-bond donors (Lipinski definition) is 3. The van der Waals surface area contributed by atoms with Gasteiger partial charge in [0.05, 0.1) is 6.20 Å². The van der Waals surface area contributed by atoms with E-state index < -0.39 is 10.0 Å². The molecule has 66 valence electrons. The lowest BCUT2D eigenvalue weighted by molar-refractivity contribution is 0.583. The average Bonchev–Trinajstić information content (AvgIpc) is 2.05. The zero-order chi connectivity index (χ0) is 9.19. The Morgan fingerprint density at radius 3 is 2.75 bits per heavy atom. The van der Waals surface area contributed by atoms with Crippen molar-refractivity contribution < 1.29 is 8.42 Å². The SMILES string of the molecule is CNS(=O)(=O)c1c[nH]c(=N)cn1. The highest BCUT2D eigenvalue weighted by Crippen LogP contribution is 1.97. The van der Waals surface area contributed by atoms with E-state index in [0.717, 1.165) is 12.4 Å². The minimum Gasteiger partial charge on any atom is -0.343 e. The molecule has 0 spiro atoms. The van der Waals surface area contributed by atoms with Crippen LogP contribution in [0.3, 0.4) is 0 Å². The van der Waals surface area contributed by atoms with Crippen molar-refractivity contribution in [2.45, 2.75) is 5.03 Å². The molecular formula is C5H8N4O2S. The van der Waals surface area contributed by atoms with Gasteiger partial charge in [-0.3, -0.25) is 5.41 Å². The second-order valence-electron chi connectivity index (χ2n) is 2.01. The van der Waals surface area contributed by atoms with Crippen LogP contribution in [-0.4, -0.2) is 25.4 Å².